The molecule has 0 fully saturated rings. The van der Waals surface area contributed by atoms with Gasteiger partial charge < -0.3 is 14.5 Å². The molecule has 0 saturated heterocycles. The fraction of sp³-hybridized carbons (Fsp3) is 0.385. The van der Waals surface area contributed by atoms with Crippen molar-refractivity contribution in [1.29, 1.82) is 0 Å². The summed E-state index contributed by atoms with van der Waals surface area (Å²) in [6, 6.07) is 9.46. The van der Waals surface area contributed by atoms with Crippen LogP contribution in [0.15, 0.2) is 48.8 Å². The Hall–Kier alpha value is -2.49. The fourth-order valence-electron chi connectivity index (χ4n) is 3.13. The Balaban J connectivity index is 1.64. The summed E-state index contributed by atoms with van der Waals surface area (Å²) in [5.41, 5.74) is 1.81. The summed E-state index contributed by atoms with van der Waals surface area (Å²) in [6.07, 6.45) is 2.86. The molecule has 188 valence electrons. The van der Waals surface area contributed by atoms with E-state index in [1.807, 2.05) is 23.9 Å². The Morgan fingerprint density at radius 2 is 1.74 bits per heavy atom. The van der Waals surface area contributed by atoms with E-state index in [9.17, 15) is 8.78 Å². The van der Waals surface area contributed by atoms with Crippen molar-refractivity contribution < 1.29 is 17.9 Å². The van der Waals surface area contributed by atoms with Crippen molar-refractivity contribution in [3.8, 4) is 16.9 Å². The van der Waals surface area contributed by atoms with E-state index in [1.165, 1.54) is 25.3 Å². The second-order valence-electron chi connectivity index (χ2n) is 9.73. The van der Waals surface area contributed by atoms with Gasteiger partial charge in [0.1, 0.15) is 29.0 Å². The Labute approximate surface area is 211 Å². The maximum Gasteiger partial charge on any atom is 0.192 e. The highest BCUT2D eigenvalue weighted by atomic mass is 32.2. The number of rotatable bonds is 10. The lowest BCUT2D eigenvalue weighted by atomic mass is 10.0. The number of anilines is 2. The first-order chi connectivity index (χ1) is 16.5. The average molecular weight is 518 g/mol. The van der Waals surface area contributed by atoms with Crippen LogP contribution in [0.1, 0.15) is 26.3 Å². The lowest BCUT2D eigenvalue weighted by Crippen LogP contribution is -2.41. The van der Waals surface area contributed by atoms with Gasteiger partial charge in [-0.1, -0.05) is 20.8 Å². The maximum atomic E-state index is 14.6. The van der Waals surface area contributed by atoms with Crippen LogP contribution in [0.4, 0.5) is 20.4 Å². The summed E-state index contributed by atoms with van der Waals surface area (Å²) in [7, 11) is -0.302. The van der Waals surface area contributed by atoms with Crippen LogP contribution in [0.25, 0.3) is 11.1 Å². The highest BCUT2D eigenvalue weighted by molar-refractivity contribution is 7.98. The summed E-state index contributed by atoms with van der Waals surface area (Å²) in [6.45, 7) is 12.0. The first kappa shape index (κ1) is 27.1. The van der Waals surface area contributed by atoms with Crippen LogP contribution in [0, 0.1) is 11.6 Å². The third-order valence-corrected chi connectivity index (χ3v) is 11.7. The summed E-state index contributed by atoms with van der Waals surface area (Å²) in [4.78, 5) is 8.49. The number of thioether (sulfide) groups is 1. The second kappa shape index (κ2) is 11.5. The molecule has 0 saturated carbocycles. The molecule has 0 aliphatic carbocycles. The van der Waals surface area contributed by atoms with Crippen LogP contribution in [0.5, 0.6) is 5.75 Å². The smallest absolute Gasteiger partial charge is 0.192 e. The van der Waals surface area contributed by atoms with E-state index in [4.69, 9.17) is 9.16 Å². The van der Waals surface area contributed by atoms with Gasteiger partial charge in [-0.15, -0.1) is 0 Å². The molecular weight excluding hydrogens is 484 g/mol. The van der Waals surface area contributed by atoms with Gasteiger partial charge in [0.15, 0.2) is 8.32 Å². The fourth-order valence-corrected chi connectivity index (χ4v) is 5.08. The molecule has 0 atom stereocenters. The molecule has 2 heterocycles. The van der Waals surface area contributed by atoms with Crippen LogP contribution in [0.2, 0.25) is 18.1 Å². The van der Waals surface area contributed by atoms with E-state index in [-0.39, 0.29) is 16.4 Å². The quantitative estimate of drug-likeness (QED) is 0.223. The lowest BCUT2D eigenvalue weighted by molar-refractivity contribution is 0.311. The molecule has 0 unspecified atom stereocenters. The molecule has 0 bridgehead atoms. The van der Waals surface area contributed by atoms with E-state index in [1.54, 1.807) is 12.3 Å². The van der Waals surface area contributed by atoms with Crippen molar-refractivity contribution in [3.63, 3.8) is 0 Å². The van der Waals surface area contributed by atoms with Crippen LogP contribution in [0.3, 0.4) is 0 Å². The number of halogens is 2. The number of hydrogen-bond donors (Lipinski definition) is 1. The van der Waals surface area contributed by atoms with Gasteiger partial charge in [-0.2, -0.15) is 11.8 Å². The van der Waals surface area contributed by atoms with E-state index in [0.717, 1.165) is 29.9 Å². The Bertz CT molecular complexity index is 1160. The molecule has 2 aromatic heterocycles. The van der Waals surface area contributed by atoms with E-state index in [0.29, 0.717) is 17.2 Å². The van der Waals surface area contributed by atoms with Gasteiger partial charge >= 0.3 is 0 Å². The summed E-state index contributed by atoms with van der Waals surface area (Å²) in [5.74, 6) is 2.04. The van der Waals surface area contributed by atoms with Crippen LogP contribution >= 0.6 is 11.8 Å². The SMILES string of the molecule is COc1cc(F)ccc1-c1cc(Nc2cc(CSCCO[Si](C)(C)C(C)(C)C)ccn2)ncc1F. The highest BCUT2D eigenvalue weighted by Crippen LogP contribution is 2.37. The molecule has 0 aliphatic rings. The topological polar surface area (TPSA) is 56.3 Å². The molecule has 3 aromatic rings. The maximum absolute atomic E-state index is 14.6. The van der Waals surface area contributed by atoms with Gasteiger partial charge in [0.05, 0.1) is 13.3 Å². The largest absolute Gasteiger partial charge is 0.496 e. The molecule has 3 rings (SSSR count). The molecule has 0 aliphatic heterocycles. The highest BCUT2D eigenvalue weighted by Gasteiger charge is 2.36. The van der Waals surface area contributed by atoms with Crippen LogP contribution in [-0.4, -0.2) is 37.8 Å². The van der Waals surface area contributed by atoms with Crippen molar-refractivity contribution in [1.82, 2.24) is 9.97 Å². The van der Waals surface area contributed by atoms with Gasteiger partial charge in [-0.05, 0) is 54.0 Å². The van der Waals surface area contributed by atoms with Crippen molar-refractivity contribution >= 4 is 31.7 Å². The zero-order chi connectivity index (χ0) is 25.6. The summed E-state index contributed by atoms with van der Waals surface area (Å²) >= 11 is 1.81. The molecule has 0 radical (unpaired) electrons. The van der Waals surface area contributed by atoms with Crippen molar-refractivity contribution in [2.75, 3.05) is 24.8 Å². The van der Waals surface area contributed by atoms with E-state index < -0.39 is 20.0 Å². The molecule has 0 spiro atoms. The predicted octanol–water partition coefficient (Wildman–Crippen LogP) is 7.43. The Morgan fingerprint density at radius 1 is 1.00 bits per heavy atom. The molecule has 5 nitrogen and oxygen atoms in total. The number of nitrogens with one attached hydrogen (secondary N) is 1. The summed E-state index contributed by atoms with van der Waals surface area (Å²) in [5, 5.41) is 3.34. The number of benzene rings is 1. The van der Waals surface area contributed by atoms with Crippen LogP contribution < -0.4 is 10.1 Å². The van der Waals surface area contributed by atoms with Crippen molar-refractivity contribution in [2.45, 2.75) is 44.7 Å². The Kier molecular flexibility index (Phi) is 8.90. The predicted molar refractivity (Wildman–Crippen MR) is 143 cm³/mol. The summed E-state index contributed by atoms with van der Waals surface area (Å²) < 4.78 is 39.6. The van der Waals surface area contributed by atoms with E-state index in [2.05, 4.69) is 49.1 Å². The molecule has 1 aromatic carbocycles. The minimum absolute atomic E-state index is 0.208. The third-order valence-electron chi connectivity index (χ3n) is 6.16. The Morgan fingerprint density at radius 3 is 2.46 bits per heavy atom. The van der Waals surface area contributed by atoms with Gasteiger partial charge in [-0.3, -0.25) is 0 Å². The third kappa shape index (κ3) is 7.25. The van der Waals surface area contributed by atoms with Crippen molar-refractivity contribution in [2.24, 2.45) is 0 Å². The monoisotopic (exact) mass is 517 g/mol. The average Bonchev–Trinajstić information content (AvgIpc) is 2.79. The second-order valence-corrected chi connectivity index (χ2v) is 15.6. The number of aromatic nitrogens is 2. The molecular formula is C26H33F2N3O2SSi. The molecule has 35 heavy (non-hydrogen) atoms. The zero-order valence-electron chi connectivity index (χ0n) is 21.1. The number of hydrogen-bond acceptors (Lipinski definition) is 6. The molecule has 0 amide bonds. The minimum Gasteiger partial charge on any atom is -0.496 e. The number of ether oxygens (including phenoxy) is 1. The van der Waals surface area contributed by atoms with Crippen LogP contribution in [-0.2, 0) is 10.2 Å². The van der Waals surface area contributed by atoms with Gasteiger partial charge in [0.2, 0.25) is 0 Å². The molecule has 1 N–H and O–H groups in total. The normalized spacial score (nSPS) is 12.0. The number of pyridine rings is 2. The van der Waals surface area contributed by atoms with Gasteiger partial charge in [0, 0.05) is 41.5 Å². The number of methoxy groups -OCH3 is 1. The standard InChI is InChI=1S/C26H33F2N3O2SSi/c1-26(2,3)35(5,6)33-11-12-34-17-18-9-10-29-24(13-18)31-25-15-21(22(28)16-30-25)20-8-7-19(27)14-23(20)32-4/h7-10,13-16H,11-12,17H2,1-6H3,(H,29,30,31). The number of nitrogens with zero attached hydrogens (tertiary/aromatic N) is 2. The first-order valence-electron chi connectivity index (χ1n) is 11.4. The first-order valence-corrected chi connectivity index (χ1v) is 15.5. The zero-order valence-corrected chi connectivity index (χ0v) is 22.9. The van der Waals surface area contributed by atoms with Gasteiger partial charge in [-0.25, -0.2) is 18.7 Å². The van der Waals surface area contributed by atoms with Crippen molar-refractivity contribution in [3.05, 3.63) is 66.0 Å². The lowest BCUT2D eigenvalue weighted by Gasteiger charge is -2.36. The minimum atomic E-state index is -1.72. The van der Waals surface area contributed by atoms with Gasteiger partial charge in [0.25, 0.3) is 0 Å². The molecule has 9 heteroatoms. The van der Waals surface area contributed by atoms with E-state index >= 15 is 0 Å².